The van der Waals surface area contributed by atoms with E-state index in [0.717, 1.165) is 15.7 Å². The molecule has 2 atom stereocenters. The lowest BCUT2D eigenvalue weighted by Crippen LogP contribution is -2.29. The molecule has 1 saturated heterocycles. The molecule has 0 radical (unpaired) electrons. The first-order valence-electron chi connectivity index (χ1n) is 9.92. The number of pyridine rings is 1. The van der Waals surface area contributed by atoms with E-state index in [1.807, 2.05) is 71.6 Å². The van der Waals surface area contributed by atoms with Crippen molar-refractivity contribution in [3.8, 4) is 5.75 Å². The number of nitrogens with one attached hydrogen (secondary N) is 1. The standard InChI is InChI=1S/C24H18ClN3O2S2/c25-15-8-10-16(11-9-15)32-21-13-12-20(30-21)23-22(17-5-3-4-14-26-17)27-24(31)28(23)18-6-1-2-7-19(18)29/h1-14,22-23,29H,(H,27,31)/t22-,23+/m0/s1. The molecule has 1 aliphatic rings. The zero-order valence-corrected chi connectivity index (χ0v) is 19.1. The van der Waals surface area contributed by atoms with Gasteiger partial charge in [0.2, 0.25) is 0 Å². The van der Waals surface area contributed by atoms with E-state index in [9.17, 15) is 5.11 Å². The van der Waals surface area contributed by atoms with Crippen LogP contribution < -0.4 is 10.2 Å². The highest BCUT2D eigenvalue weighted by atomic mass is 35.5. The third-order valence-corrected chi connectivity index (χ3v) is 6.66. The molecule has 5 rings (SSSR count). The predicted octanol–water partition coefficient (Wildman–Crippen LogP) is 6.36. The Kier molecular flexibility index (Phi) is 5.78. The summed E-state index contributed by atoms with van der Waals surface area (Å²) in [5, 5.41) is 15.8. The summed E-state index contributed by atoms with van der Waals surface area (Å²) in [5.41, 5.74) is 1.44. The van der Waals surface area contributed by atoms with Gasteiger partial charge in [-0.05, 0) is 72.9 Å². The van der Waals surface area contributed by atoms with Crippen LogP contribution in [0.2, 0.25) is 5.02 Å². The quantitative estimate of drug-likeness (QED) is 0.323. The fraction of sp³-hybridized carbons (Fsp3) is 0.0833. The molecule has 3 heterocycles. The minimum atomic E-state index is -0.328. The molecule has 32 heavy (non-hydrogen) atoms. The number of aromatic hydroxyl groups is 1. The van der Waals surface area contributed by atoms with E-state index in [0.29, 0.717) is 21.6 Å². The van der Waals surface area contributed by atoms with Crippen LogP contribution in [0.25, 0.3) is 0 Å². The molecular weight excluding hydrogens is 462 g/mol. The van der Waals surface area contributed by atoms with Crippen LogP contribution in [-0.2, 0) is 0 Å². The maximum absolute atomic E-state index is 10.5. The lowest BCUT2D eigenvalue weighted by atomic mass is 10.0. The second-order valence-electron chi connectivity index (χ2n) is 7.20. The van der Waals surface area contributed by atoms with Crippen LogP contribution in [0, 0.1) is 0 Å². The van der Waals surface area contributed by atoms with Gasteiger partial charge in [-0.3, -0.25) is 4.98 Å². The van der Waals surface area contributed by atoms with E-state index < -0.39 is 0 Å². The van der Waals surface area contributed by atoms with Crippen LogP contribution >= 0.6 is 35.6 Å². The Labute approximate surface area is 200 Å². The number of halogens is 1. The minimum absolute atomic E-state index is 0.144. The van der Waals surface area contributed by atoms with Gasteiger partial charge in [-0.2, -0.15) is 0 Å². The van der Waals surface area contributed by atoms with Crippen molar-refractivity contribution in [3.63, 3.8) is 0 Å². The van der Waals surface area contributed by atoms with Gasteiger partial charge in [0.1, 0.15) is 17.6 Å². The van der Waals surface area contributed by atoms with Crippen LogP contribution in [-0.4, -0.2) is 15.2 Å². The third kappa shape index (κ3) is 4.07. The molecule has 1 aliphatic heterocycles. The Hall–Kier alpha value is -3.00. The lowest BCUT2D eigenvalue weighted by molar-refractivity contribution is 0.382. The Morgan fingerprint density at radius 3 is 2.53 bits per heavy atom. The fourth-order valence-electron chi connectivity index (χ4n) is 3.74. The Morgan fingerprint density at radius 1 is 1.00 bits per heavy atom. The van der Waals surface area contributed by atoms with E-state index in [2.05, 4.69) is 10.3 Å². The molecule has 0 saturated carbocycles. The number of benzene rings is 2. The van der Waals surface area contributed by atoms with Gasteiger partial charge in [0.15, 0.2) is 10.2 Å². The zero-order chi connectivity index (χ0) is 22.1. The molecule has 0 spiro atoms. The van der Waals surface area contributed by atoms with Crippen LogP contribution in [0.1, 0.15) is 23.5 Å². The fourth-order valence-corrected chi connectivity index (χ4v) is 4.98. The highest BCUT2D eigenvalue weighted by Crippen LogP contribution is 2.45. The minimum Gasteiger partial charge on any atom is -0.506 e. The first-order chi connectivity index (χ1) is 15.6. The van der Waals surface area contributed by atoms with Crippen molar-refractivity contribution >= 4 is 46.4 Å². The maximum Gasteiger partial charge on any atom is 0.174 e. The van der Waals surface area contributed by atoms with Gasteiger partial charge < -0.3 is 19.7 Å². The van der Waals surface area contributed by atoms with Gasteiger partial charge in [-0.15, -0.1) is 0 Å². The summed E-state index contributed by atoms with van der Waals surface area (Å²) in [6, 6.07) is 23.8. The van der Waals surface area contributed by atoms with Crippen LogP contribution in [0.3, 0.4) is 0 Å². The molecule has 5 nitrogen and oxygen atoms in total. The van der Waals surface area contributed by atoms with Gasteiger partial charge in [-0.1, -0.05) is 41.6 Å². The molecule has 1 fully saturated rings. The summed E-state index contributed by atoms with van der Waals surface area (Å²) in [7, 11) is 0. The number of furan rings is 1. The van der Waals surface area contributed by atoms with E-state index in [1.54, 1.807) is 18.3 Å². The van der Waals surface area contributed by atoms with Gasteiger partial charge in [0, 0.05) is 16.1 Å². The van der Waals surface area contributed by atoms with Crippen molar-refractivity contribution in [3.05, 3.63) is 102 Å². The summed E-state index contributed by atoms with van der Waals surface area (Å²) in [6.45, 7) is 0. The van der Waals surface area contributed by atoms with E-state index in [4.69, 9.17) is 28.2 Å². The zero-order valence-electron chi connectivity index (χ0n) is 16.7. The topological polar surface area (TPSA) is 61.5 Å². The second-order valence-corrected chi connectivity index (χ2v) is 9.10. The summed E-state index contributed by atoms with van der Waals surface area (Å²) in [4.78, 5) is 7.44. The average Bonchev–Trinajstić information content (AvgIpc) is 3.40. The highest BCUT2D eigenvalue weighted by Gasteiger charge is 2.43. The average molecular weight is 480 g/mol. The summed E-state index contributed by atoms with van der Waals surface area (Å²) < 4.78 is 6.27. The number of aromatic nitrogens is 1. The van der Waals surface area contributed by atoms with E-state index in [-0.39, 0.29) is 17.8 Å². The number of phenols is 1. The van der Waals surface area contributed by atoms with Crippen molar-refractivity contribution in [1.82, 2.24) is 10.3 Å². The largest absolute Gasteiger partial charge is 0.506 e. The van der Waals surface area contributed by atoms with Gasteiger partial charge >= 0.3 is 0 Å². The smallest absolute Gasteiger partial charge is 0.174 e. The van der Waals surface area contributed by atoms with Crippen molar-refractivity contribution in [1.29, 1.82) is 0 Å². The maximum atomic E-state index is 10.5. The SMILES string of the molecule is Oc1ccccc1N1C(=S)N[C@@H](c2ccccn2)[C@H]1c1ccc(Sc2ccc(Cl)cc2)o1. The first kappa shape index (κ1) is 20.9. The van der Waals surface area contributed by atoms with Crippen LogP contribution in [0.5, 0.6) is 5.75 Å². The van der Waals surface area contributed by atoms with Crippen molar-refractivity contribution < 1.29 is 9.52 Å². The summed E-state index contributed by atoms with van der Waals surface area (Å²) >= 11 is 13.2. The van der Waals surface area contributed by atoms with Crippen LogP contribution in [0.15, 0.2) is 99.5 Å². The Balaban J connectivity index is 1.54. The number of rotatable bonds is 5. The molecule has 2 aromatic heterocycles. The lowest BCUT2D eigenvalue weighted by Gasteiger charge is -2.26. The third-order valence-electron chi connectivity index (χ3n) is 5.17. The summed E-state index contributed by atoms with van der Waals surface area (Å²) in [5.74, 6) is 0.860. The molecular formula is C24H18ClN3O2S2. The van der Waals surface area contributed by atoms with Crippen molar-refractivity contribution in [2.45, 2.75) is 22.1 Å². The van der Waals surface area contributed by atoms with E-state index >= 15 is 0 Å². The molecule has 160 valence electrons. The molecule has 0 unspecified atom stereocenters. The first-order valence-corrected chi connectivity index (χ1v) is 11.5. The summed E-state index contributed by atoms with van der Waals surface area (Å²) in [6.07, 6.45) is 1.75. The Morgan fingerprint density at radius 2 is 1.78 bits per heavy atom. The van der Waals surface area contributed by atoms with Crippen molar-refractivity contribution in [2.24, 2.45) is 0 Å². The Bertz CT molecular complexity index is 1250. The van der Waals surface area contributed by atoms with Gasteiger partial charge in [0.25, 0.3) is 0 Å². The number of nitrogens with zero attached hydrogens (tertiary/aromatic N) is 2. The molecule has 8 heteroatoms. The van der Waals surface area contributed by atoms with E-state index in [1.165, 1.54) is 11.8 Å². The molecule has 0 aliphatic carbocycles. The molecule has 4 aromatic rings. The molecule has 2 aromatic carbocycles. The van der Waals surface area contributed by atoms with Crippen molar-refractivity contribution in [2.75, 3.05) is 4.90 Å². The molecule has 2 N–H and O–H groups in total. The normalized spacial score (nSPS) is 18.0. The number of hydrogen-bond donors (Lipinski definition) is 2. The van der Waals surface area contributed by atoms with Gasteiger partial charge in [0.05, 0.1) is 17.4 Å². The molecule has 0 amide bonds. The monoisotopic (exact) mass is 479 g/mol. The number of anilines is 1. The molecule has 0 bridgehead atoms. The number of hydrogen-bond acceptors (Lipinski definition) is 5. The number of para-hydroxylation sites is 2. The predicted molar refractivity (Wildman–Crippen MR) is 130 cm³/mol. The highest BCUT2D eigenvalue weighted by molar-refractivity contribution is 7.99. The van der Waals surface area contributed by atoms with Gasteiger partial charge in [-0.25, -0.2) is 0 Å². The second kappa shape index (κ2) is 8.86. The van der Waals surface area contributed by atoms with Crippen LogP contribution in [0.4, 0.5) is 5.69 Å². The number of thiocarbonyl (C=S) groups is 1. The number of phenolic OH excluding ortho intramolecular Hbond substituents is 1.